The van der Waals surface area contributed by atoms with E-state index in [-0.39, 0.29) is 6.10 Å². The first-order valence-corrected chi connectivity index (χ1v) is 8.49. The van der Waals surface area contributed by atoms with Gasteiger partial charge in [-0.2, -0.15) is 0 Å². The van der Waals surface area contributed by atoms with E-state index in [0.717, 1.165) is 37.6 Å². The summed E-state index contributed by atoms with van der Waals surface area (Å²) < 4.78 is 6.34. The van der Waals surface area contributed by atoms with Gasteiger partial charge >= 0.3 is 0 Å². The maximum Gasteiger partial charge on any atom is 0.125 e. The molecular formula is C19H23N3O. The van der Waals surface area contributed by atoms with E-state index in [1.807, 2.05) is 19.2 Å². The first-order valence-electron chi connectivity index (χ1n) is 8.49. The first-order chi connectivity index (χ1) is 11.3. The lowest BCUT2D eigenvalue weighted by atomic mass is 9.91. The second-order valence-electron chi connectivity index (χ2n) is 6.70. The normalized spacial score (nSPS) is 27.8. The Labute approximate surface area is 137 Å². The highest BCUT2D eigenvalue weighted by molar-refractivity contribution is 5.15. The molecule has 0 spiro atoms. The number of hydrogen-bond acceptors (Lipinski definition) is 4. The van der Waals surface area contributed by atoms with Gasteiger partial charge in [0.2, 0.25) is 0 Å². The van der Waals surface area contributed by atoms with Gasteiger partial charge in [-0.1, -0.05) is 30.3 Å². The largest absolute Gasteiger partial charge is 0.367 e. The second-order valence-corrected chi connectivity index (χ2v) is 6.70. The molecule has 3 heterocycles. The lowest BCUT2D eigenvalue weighted by molar-refractivity contribution is -0.0107. The van der Waals surface area contributed by atoms with Crippen molar-refractivity contribution >= 4 is 0 Å². The fourth-order valence-electron chi connectivity index (χ4n) is 3.82. The summed E-state index contributed by atoms with van der Waals surface area (Å²) in [4.78, 5) is 11.3. The maximum atomic E-state index is 6.34. The molecule has 0 aliphatic carbocycles. The summed E-state index contributed by atoms with van der Waals surface area (Å²) in [6, 6.07) is 12.7. The Kier molecular flexibility index (Phi) is 4.10. The molecule has 1 aromatic carbocycles. The van der Waals surface area contributed by atoms with Crippen molar-refractivity contribution in [3.05, 3.63) is 59.7 Å². The molecule has 0 radical (unpaired) electrons. The van der Waals surface area contributed by atoms with Crippen LogP contribution in [0.1, 0.15) is 36.0 Å². The predicted octanol–water partition coefficient (Wildman–Crippen LogP) is 3.14. The first kappa shape index (κ1) is 14.8. The SMILES string of the molecule is Cc1nccc([C@@H]2C[C@@H]3CCN(Cc4ccccc4)C[C@H]3O2)n1. The van der Waals surface area contributed by atoms with Crippen LogP contribution in [-0.4, -0.2) is 34.1 Å². The van der Waals surface area contributed by atoms with Crippen molar-refractivity contribution in [1.29, 1.82) is 0 Å². The molecule has 2 aliphatic rings. The minimum absolute atomic E-state index is 0.142. The molecule has 23 heavy (non-hydrogen) atoms. The van der Waals surface area contributed by atoms with Gasteiger partial charge in [-0.3, -0.25) is 4.90 Å². The number of fused-ring (bicyclic) bond motifs is 1. The zero-order chi connectivity index (χ0) is 15.6. The van der Waals surface area contributed by atoms with Crippen LogP contribution in [0, 0.1) is 12.8 Å². The molecule has 4 rings (SSSR count). The summed E-state index contributed by atoms with van der Waals surface area (Å²) in [5.74, 6) is 1.49. The Morgan fingerprint density at radius 3 is 2.91 bits per heavy atom. The average molecular weight is 309 g/mol. The number of aryl methyl sites for hydroxylation is 1. The average Bonchev–Trinajstić information content (AvgIpc) is 2.99. The van der Waals surface area contributed by atoms with Crippen molar-refractivity contribution in [2.75, 3.05) is 13.1 Å². The maximum absolute atomic E-state index is 6.34. The van der Waals surface area contributed by atoms with E-state index in [2.05, 4.69) is 45.2 Å². The topological polar surface area (TPSA) is 38.2 Å². The summed E-state index contributed by atoms with van der Waals surface area (Å²) in [5.41, 5.74) is 2.42. The number of aromatic nitrogens is 2. The molecule has 0 N–H and O–H groups in total. The number of nitrogens with zero attached hydrogens (tertiary/aromatic N) is 3. The summed E-state index contributed by atoms with van der Waals surface area (Å²) in [7, 11) is 0. The Bertz CT molecular complexity index is 661. The third kappa shape index (κ3) is 3.28. The zero-order valence-electron chi connectivity index (χ0n) is 13.6. The van der Waals surface area contributed by atoms with Crippen molar-refractivity contribution in [2.45, 2.75) is 38.5 Å². The molecule has 0 amide bonds. The van der Waals surface area contributed by atoms with Gasteiger partial charge < -0.3 is 4.74 Å². The molecule has 0 bridgehead atoms. The molecule has 2 aromatic rings. The minimum atomic E-state index is 0.142. The Hall–Kier alpha value is -1.78. The molecule has 3 atom stereocenters. The monoisotopic (exact) mass is 309 g/mol. The van der Waals surface area contributed by atoms with Gasteiger partial charge in [0.25, 0.3) is 0 Å². The number of benzene rings is 1. The third-order valence-corrected chi connectivity index (χ3v) is 5.01. The van der Waals surface area contributed by atoms with Gasteiger partial charge in [-0.25, -0.2) is 9.97 Å². The van der Waals surface area contributed by atoms with Crippen LogP contribution in [0.15, 0.2) is 42.6 Å². The summed E-state index contributed by atoms with van der Waals surface area (Å²) in [5, 5.41) is 0. The van der Waals surface area contributed by atoms with E-state index in [1.165, 1.54) is 12.0 Å². The number of hydrogen-bond donors (Lipinski definition) is 0. The van der Waals surface area contributed by atoms with Gasteiger partial charge in [0, 0.05) is 19.3 Å². The van der Waals surface area contributed by atoms with Crippen LogP contribution in [0.25, 0.3) is 0 Å². The van der Waals surface area contributed by atoms with Crippen molar-refractivity contribution in [1.82, 2.24) is 14.9 Å². The van der Waals surface area contributed by atoms with Gasteiger partial charge in [0.05, 0.1) is 11.8 Å². The van der Waals surface area contributed by atoms with Crippen LogP contribution in [0.4, 0.5) is 0 Å². The van der Waals surface area contributed by atoms with Crippen LogP contribution in [0.2, 0.25) is 0 Å². The molecule has 4 nitrogen and oxygen atoms in total. The molecule has 2 fully saturated rings. The molecule has 0 saturated carbocycles. The number of likely N-dealkylation sites (tertiary alicyclic amines) is 1. The number of piperidine rings is 1. The lowest BCUT2D eigenvalue weighted by Crippen LogP contribution is -2.41. The molecule has 2 aliphatic heterocycles. The standard InChI is InChI=1S/C19H23N3O/c1-14-20-9-7-17(21-14)18-11-16-8-10-22(13-19(16)23-18)12-15-5-3-2-4-6-15/h2-7,9,16,18-19H,8,10-13H2,1H3/t16-,18-,19+/m0/s1. The molecule has 4 heteroatoms. The molecule has 120 valence electrons. The highest BCUT2D eigenvalue weighted by Crippen LogP contribution is 2.40. The Balaban J connectivity index is 1.40. The number of ether oxygens (including phenoxy) is 1. The van der Waals surface area contributed by atoms with Crippen molar-refractivity contribution in [2.24, 2.45) is 5.92 Å². The van der Waals surface area contributed by atoms with Crippen molar-refractivity contribution in [3.63, 3.8) is 0 Å². The summed E-state index contributed by atoms with van der Waals surface area (Å²) in [6.07, 6.45) is 4.64. The van der Waals surface area contributed by atoms with E-state index in [1.54, 1.807) is 0 Å². The predicted molar refractivity (Wildman–Crippen MR) is 88.8 cm³/mol. The van der Waals surface area contributed by atoms with Gasteiger partial charge in [0.1, 0.15) is 11.9 Å². The minimum Gasteiger partial charge on any atom is -0.367 e. The van der Waals surface area contributed by atoms with E-state index >= 15 is 0 Å². The van der Waals surface area contributed by atoms with Crippen LogP contribution in [0.3, 0.4) is 0 Å². The Morgan fingerprint density at radius 2 is 2.09 bits per heavy atom. The van der Waals surface area contributed by atoms with Crippen LogP contribution in [-0.2, 0) is 11.3 Å². The van der Waals surface area contributed by atoms with Crippen LogP contribution >= 0.6 is 0 Å². The van der Waals surface area contributed by atoms with Gasteiger partial charge in [-0.15, -0.1) is 0 Å². The van der Waals surface area contributed by atoms with Crippen molar-refractivity contribution < 1.29 is 4.74 Å². The Morgan fingerprint density at radius 1 is 1.22 bits per heavy atom. The van der Waals surface area contributed by atoms with Gasteiger partial charge in [-0.05, 0) is 43.9 Å². The van der Waals surface area contributed by atoms with Crippen LogP contribution in [0.5, 0.6) is 0 Å². The van der Waals surface area contributed by atoms with E-state index in [4.69, 9.17) is 4.74 Å². The molecular weight excluding hydrogens is 286 g/mol. The third-order valence-electron chi connectivity index (χ3n) is 5.01. The number of rotatable bonds is 3. The zero-order valence-corrected chi connectivity index (χ0v) is 13.6. The fourth-order valence-corrected chi connectivity index (χ4v) is 3.82. The summed E-state index contributed by atoms with van der Waals surface area (Å²) in [6.45, 7) is 5.15. The summed E-state index contributed by atoms with van der Waals surface area (Å²) >= 11 is 0. The second kappa shape index (κ2) is 6.38. The van der Waals surface area contributed by atoms with E-state index in [0.29, 0.717) is 12.0 Å². The molecule has 0 unspecified atom stereocenters. The highest BCUT2D eigenvalue weighted by Gasteiger charge is 2.40. The van der Waals surface area contributed by atoms with E-state index < -0.39 is 0 Å². The lowest BCUT2D eigenvalue weighted by Gasteiger charge is -2.34. The fraction of sp³-hybridized carbons (Fsp3) is 0.474. The van der Waals surface area contributed by atoms with Crippen molar-refractivity contribution in [3.8, 4) is 0 Å². The van der Waals surface area contributed by atoms with E-state index in [9.17, 15) is 0 Å². The molecule has 2 saturated heterocycles. The smallest absolute Gasteiger partial charge is 0.125 e. The quantitative estimate of drug-likeness (QED) is 0.873. The molecule has 1 aromatic heterocycles. The van der Waals surface area contributed by atoms with Gasteiger partial charge in [0.15, 0.2) is 0 Å². The highest BCUT2D eigenvalue weighted by atomic mass is 16.5. The van der Waals surface area contributed by atoms with Crippen LogP contribution < -0.4 is 0 Å².